The topological polar surface area (TPSA) is 101 Å². The third-order valence-corrected chi connectivity index (χ3v) is 8.08. The van der Waals surface area contributed by atoms with Crippen LogP contribution in [0.3, 0.4) is 0 Å². The van der Waals surface area contributed by atoms with Gasteiger partial charge in [-0.2, -0.15) is 5.10 Å². The Labute approximate surface area is 243 Å². The highest BCUT2D eigenvalue weighted by Crippen LogP contribution is 2.50. The van der Waals surface area contributed by atoms with E-state index in [0.29, 0.717) is 40.6 Å². The zero-order valence-corrected chi connectivity index (χ0v) is 23.2. The van der Waals surface area contributed by atoms with Gasteiger partial charge in [0.1, 0.15) is 17.5 Å². The minimum Gasteiger partial charge on any atom is -0.395 e. The molecule has 4 aromatic rings. The Morgan fingerprint density at radius 2 is 1.81 bits per heavy atom. The number of ether oxygens (including phenoxy) is 1. The lowest BCUT2D eigenvalue weighted by Crippen LogP contribution is -2.48. The van der Waals surface area contributed by atoms with Crippen molar-refractivity contribution in [2.24, 2.45) is 7.05 Å². The average Bonchev–Trinajstić information content (AvgIpc) is 3.46. The number of rotatable bonds is 9. The molecule has 1 amide bonds. The maximum absolute atomic E-state index is 16.5. The summed E-state index contributed by atoms with van der Waals surface area (Å²) in [7, 11) is 1.71. The Bertz CT molecular complexity index is 1680. The van der Waals surface area contributed by atoms with Crippen LogP contribution in [0.15, 0.2) is 61.1 Å². The lowest BCUT2D eigenvalue weighted by Gasteiger charge is -2.40. The van der Waals surface area contributed by atoms with Gasteiger partial charge in [-0.1, -0.05) is 23.7 Å². The van der Waals surface area contributed by atoms with Crippen LogP contribution in [0, 0.1) is 17.5 Å². The smallest absolute Gasteiger partial charge is 0.257 e. The second-order valence-electron chi connectivity index (χ2n) is 10.7. The van der Waals surface area contributed by atoms with Gasteiger partial charge in [0.25, 0.3) is 5.91 Å². The molecule has 1 aliphatic carbocycles. The van der Waals surface area contributed by atoms with Crippen LogP contribution in [0.5, 0.6) is 0 Å². The van der Waals surface area contributed by atoms with Crippen molar-refractivity contribution >= 4 is 17.5 Å². The molecule has 12 heteroatoms. The van der Waals surface area contributed by atoms with E-state index in [4.69, 9.17) is 16.3 Å². The molecule has 1 aliphatic heterocycles. The van der Waals surface area contributed by atoms with E-state index in [-0.39, 0.29) is 23.4 Å². The van der Waals surface area contributed by atoms with E-state index in [1.807, 2.05) is 0 Å². The summed E-state index contributed by atoms with van der Waals surface area (Å²) in [4.78, 5) is 19.2. The number of amides is 1. The van der Waals surface area contributed by atoms with Gasteiger partial charge < -0.3 is 14.9 Å². The van der Waals surface area contributed by atoms with E-state index in [1.54, 1.807) is 48.4 Å². The van der Waals surface area contributed by atoms with Gasteiger partial charge in [0.2, 0.25) is 0 Å². The van der Waals surface area contributed by atoms with Crippen LogP contribution in [-0.2, 0) is 24.1 Å². The number of hydrogen-bond donors (Lipinski definition) is 2. The van der Waals surface area contributed by atoms with Crippen LogP contribution in [0.2, 0.25) is 5.02 Å². The Kier molecular flexibility index (Phi) is 7.09. The molecule has 0 spiro atoms. The Balaban J connectivity index is 1.56. The SMILES string of the molecule is Cn1cc(C(CO)c2cc(F)c3c(c2)C(=O)N(Cc2ncc(F)cc2F)[C@@]3(OCC2(O)CC2)c2ccc(Cl)cc2)cn1. The molecule has 2 aromatic heterocycles. The second kappa shape index (κ2) is 10.5. The summed E-state index contributed by atoms with van der Waals surface area (Å²) < 4.78 is 53.0. The molecule has 6 rings (SSSR count). The summed E-state index contributed by atoms with van der Waals surface area (Å²) in [5, 5.41) is 25.4. The number of aromatic nitrogens is 3. The molecule has 2 atom stereocenters. The number of halogens is 4. The normalized spacial score (nSPS) is 19.7. The summed E-state index contributed by atoms with van der Waals surface area (Å²) in [6.07, 6.45) is 4.94. The van der Waals surface area contributed by atoms with Crippen LogP contribution in [0.4, 0.5) is 13.2 Å². The predicted octanol–water partition coefficient (Wildman–Crippen LogP) is 4.41. The fourth-order valence-electron chi connectivity index (χ4n) is 5.42. The highest BCUT2D eigenvalue weighted by atomic mass is 35.5. The van der Waals surface area contributed by atoms with Gasteiger partial charge in [0, 0.05) is 35.8 Å². The molecule has 218 valence electrons. The van der Waals surface area contributed by atoms with Gasteiger partial charge in [0.05, 0.1) is 54.6 Å². The molecule has 0 radical (unpaired) electrons. The average molecular weight is 599 g/mol. The minimum atomic E-state index is -1.97. The van der Waals surface area contributed by atoms with Crippen molar-refractivity contribution in [3.8, 4) is 0 Å². The molecule has 8 nitrogen and oxygen atoms in total. The quantitative estimate of drug-likeness (QED) is 0.296. The summed E-state index contributed by atoms with van der Waals surface area (Å²) in [6.45, 7) is -1.16. The molecule has 2 aliphatic rings. The van der Waals surface area contributed by atoms with Gasteiger partial charge in [-0.3, -0.25) is 19.4 Å². The number of aliphatic hydroxyl groups excluding tert-OH is 1. The first-order valence-corrected chi connectivity index (χ1v) is 13.6. The Morgan fingerprint density at radius 3 is 2.43 bits per heavy atom. The van der Waals surface area contributed by atoms with E-state index in [2.05, 4.69) is 10.1 Å². The van der Waals surface area contributed by atoms with Crippen molar-refractivity contribution in [1.82, 2.24) is 19.7 Å². The number of aliphatic hydroxyl groups is 2. The molecule has 0 saturated heterocycles. The lowest BCUT2D eigenvalue weighted by atomic mass is 9.87. The molecule has 2 N–H and O–H groups in total. The van der Waals surface area contributed by atoms with Gasteiger partial charge in [-0.15, -0.1) is 0 Å². The number of carbonyl (C=O) groups is 1. The monoisotopic (exact) mass is 598 g/mol. The first-order valence-electron chi connectivity index (χ1n) is 13.2. The van der Waals surface area contributed by atoms with Crippen molar-refractivity contribution < 1.29 is 32.9 Å². The number of hydrogen-bond acceptors (Lipinski definition) is 6. The van der Waals surface area contributed by atoms with Crippen molar-refractivity contribution in [2.75, 3.05) is 13.2 Å². The molecule has 0 bridgehead atoms. The number of carbonyl (C=O) groups excluding carboxylic acids is 1. The molecule has 42 heavy (non-hydrogen) atoms. The van der Waals surface area contributed by atoms with Crippen LogP contribution in [0.25, 0.3) is 0 Å². The van der Waals surface area contributed by atoms with Gasteiger partial charge in [0.15, 0.2) is 5.72 Å². The van der Waals surface area contributed by atoms with Gasteiger partial charge >= 0.3 is 0 Å². The Morgan fingerprint density at radius 1 is 1.07 bits per heavy atom. The van der Waals surface area contributed by atoms with Crippen molar-refractivity contribution in [2.45, 2.75) is 36.6 Å². The first-order chi connectivity index (χ1) is 20.0. The van der Waals surface area contributed by atoms with Crippen LogP contribution < -0.4 is 0 Å². The molecular weight excluding hydrogens is 573 g/mol. The molecule has 1 fully saturated rings. The highest BCUT2D eigenvalue weighted by Gasteiger charge is 2.56. The number of nitrogens with zero attached hydrogens (tertiary/aromatic N) is 4. The number of aryl methyl sites for hydroxylation is 1. The van der Waals surface area contributed by atoms with Gasteiger partial charge in [-0.05, 0) is 48.2 Å². The van der Waals surface area contributed by atoms with Crippen molar-refractivity contribution in [1.29, 1.82) is 0 Å². The van der Waals surface area contributed by atoms with Crippen LogP contribution >= 0.6 is 11.6 Å². The molecule has 1 saturated carbocycles. The van der Waals surface area contributed by atoms with Crippen LogP contribution in [0.1, 0.15) is 57.1 Å². The maximum atomic E-state index is 16.5. The van der Waals surface area contributed by atoms with Gasteiger partial charge in [-0.25, -0.2) is 13.2 Å². The van der Waals surface area contributed by atoms with E-state index < -0.39 is 53.8 Å². The fraction of sp³-hybridized carbons (Fsp3) is 0.300. The largest absolute Gasteiger partial charge is 0.395 e. The minimum absolute atomic E-state index is 0.0763. The summed E-state index contributed by atoms with van der Waals surface area (Å²) in [5.74, 6) is -4.12. The maximum Gasteiger partial charge on any atom is 0.257 e. The predicted molar refractivity (Wildman–Crippen MR) is 145 cm³/mol. The number of benzene rings is 2. The molecule has 1 unspecified atom stereocenters. The fourth-order valence-corrected chi connectivity index (χ4v) is 5.54. The summed E-state index contributed by atoms with van der Waals surface area (Å²) >= 11 is 6.16. The summed E-state index contributed by atoms with van der Waals surface area (Å²) in [6, 6.07) is 9.55. The first kappa shape index (κ1) is 28.4. The van der Waals surface area contributed by atoms with E-state index in [9.17, 15) is 23.8 Å². The zero-order valence-electron chi connectivity index (χ0n) is 22.4. The lowest BCUT2D eigenvalue weighted by molar-refractivity contribution is -0.139. The standard InChI is InChI=1S/C30H26ClF3N4O4/c1-37-13-18(11-36-37)23(15-39)17-8-22-27(25(34)9-17)30(42-16-29(41)6-7-29,19-2-4-20(31)5-3-19)38(28(22)40)14-26-24(33)10-21(32)12-35-26/h2-5,8-13,23,39,41H,6-7,14-16H2,1H3/t23?,30-/m1/s1. The van der Waals surface area contributed by atoms with E-state index in [0.717, 1.165) is 11.1 Å². The Hall–Kier alpha value is -3.77. The highest BCUT2D eigenvalue weighted by molar-refractivity contribution is 6.30. The zero-order chi connectivity index (χ0) is 29.8. The second-order valence-corrected chi connectivity index (χ2v) is 11.2. The van der Waals surface area contributed by atoms with E-state index >= 15 is 4.39 Å². The molecular formula is C30H26ClF3N4O4. The number of fused-ring (bicyclic) bond motifs is 1. The molecule has 3 heterocycles. The van der Waals surface area contributed by atoms with E-state index in [1.165, 1.54) is 12.1 Å². The van der Waals surface area contributed by atoms with Crippen LogP contribution in [-0.4, -0.2) is 54.6 Å². The van der Waals surface area contributed by atoms with Crippen molar-refractivity contribution in [3.63, 3.8) is 0 Å². The third-order valence-electron chi connectivity index (χ3n) is 7.82. The third kappa shape index (κ3) is 4.86. The summed E-state index contributed by atoms with van der Waals surface area (Å²) in [5.41, 5.74) is -2.42. The number of pyridine rings is 1. The van der Waals surface area contributed by atoms with Crippen molar-refractivity contribution in [3.05, 3.63) is 117 Å². The molecule has 2 aromatic carbocycles.